The Hall–Kier alpha value is -1.83. The molecule has 21 heavy (non-hydrogen) atoms. The molecule has 7 nitrogen and oxygen atoms in total. The van der Waals surface area contributed by atoms with Crippen molar-refractivity contribution >= 4 is 0 Å². The van der Waals surface area contributed by atoms with Crippen LogP contribution in [0.15, 0.2) is 30.3 Å². The van der Waals surface area contributed by atoms with Gasteiger partial charge in [-0.05, 0) is 10.4 Å². The van der Waals surface area contributed by atoms with Crippen LogP contribution in [0.3, 0.4) is 0 Å². The zero-order chi connectivity index (χ0) is 14.2. The maximum atomic E-state index is 5.84. The van der Waals surface area contributed by atoms with E-state index in [0.717, 1.165) is 11.4 Å². The van der Waals surface area contributed by atoms with Gasteiger partial charge in [-0.15, -0.1) is 5.10 Å². The summed E-state index contributed by atoms with van der Waals surface area (Å²) in [5.74, 6) is 0.731. The second-order valence-corrected chi connectivity index (χ2v) is 5.25. The summed E-state index contributed by atoms with van der Waals surface area (Å²) in [6.07, 6.45) is -0.134. The molecule has 4 unspecified atom stereocenters. The lowest BCUT2D eigenvalue weighted by Gasteiger charge is -2.17. The van der Waals surface area contributed by atoms with Crippen molar-refractivity contribution in [1.82, 2.24) is 20.2 Å². The minimum absolute atomic E-state index is 0.0170. The van der Waals surface area contributed by atoms with Crippen LogP contribution >= 0.6 is 0 Å². The van der Waals surface area contributed by atoms with E-state index in [-0.39, 0.29) is 24.4 Å². The molecule has 0 bridgehead atoms. The van der Waals surface area contributed by atoms with Crippen molar-refractivity contribution in [3.63, 3.8) is 0 Å². The number of ether oxygens (including phenoxy) is 3. The number of benzene rings is 1. The fourth-order valence-electron chi connectivity index (χ4n) is 3.05. The largest absolute Gasteiger partial charge is 0.376 e. The van der Waals surface area contributed by atoms with E-state index in [0.29, 0.717) is 13.2 Å². The van der Waals surface area contributed by atoms with Crippen LogP contribution in [-0.2, 0) is 14.2 Å². The van der Waals surface area contributed by atoms with Gasteiger partial charge in [0.25, 0.3) is 0 Å². The Balaban J connectivity index is 1.66. The number of hydrogen-bond acceptors (Lipinski definition) is 6. The number of fused-ring (bicyclic) bond motifs is 1. The van der Waals surface area contributed by atoms with Gasteiger partial charge in [0, 0.05) is 12.7 Å². The molecule has 0 amide bonds. The van der Waals surface area contributed by atoms with E-state index in [1.54, 1.807) is 11.8 Å². The molecule has 0 N–H and O–H groups in total. The number of aromatic nitrogens is 4. The fraction of sp³-hybridized carbons (Fsp3) is 0.500. The summed E-state index contributed by atoms with van der Waals surface area (Å²) in [6, 6.07) is 9.85. The van der Waals surface area contributed by atoms with Gasteiger partial charge >= 0.3 is 0 Å². The highest BCUT2D eigenvalue weighted by atomic mass is 16.6. The Morgan fingerprint density at radius 1 is 1.14 bits per heavy atom. The molecule has 2 aliphatic rings. The van der Waals surface area contributed by atoms with Crippen molar-refractivity contribution < 1.29 is 14.2 Å². The Bertz CT molecular complexity index is 618. The van der Waals surface area contributed by atoms with Crippen LogP contribution in [0, 0.1) is 0 Å². The van der Waals surface area contributed by atoms with E-state index < -0.39 is 0 Å². The van der Waals surface area contributed by atoms with Crippen molar-refractivity contribution in [2.24, 2.45) is 0 Å². The number of nitrogens with zero attached hydrogens (tertiary/aromatic N) is 4. The van der Waals surface area contributed by atoms with Crippen LogP contribution in [0.1, 0.15) is 6.04 Å². The maximum Gasteiger partial charge on any atom is 0.182 e. The van der Waals surface area contributed by atoms with Crippen LogP contribution in [0.2, 0.25) is 0 Å². The zero-order valence-electron chi connectivity index (χ0n) is 11.6. The van der Waals surface area contributed by atoms with Crippen LogP contribution in [-0.4, -0.2) is 58.8 Å². The number of rotatable bonds is 3. The first kappa shape index (κ1) is 12.9. The quantitative estimate of drug-likeness (QED) is 0.827. The minimum Gasteiger partial charge on any atom is -0.376 e. The predicted octanol–water partition coefficient (Wildman–Crippen LogP) is 0.694. The standard InChI is InChI=1S/C14H16N4O3/c1-19-11-8-21-12-10(7-20-13(11)12)18-14(15-16-17-18)9-5-3-2-4-6-9/h2-6,10-13H,7-8H2,1H3. The van der Waals surface area contributed by atoms with Crippen LogP contribution in [0.25, 0.3) is 11.4 Å². The first-order chi connectivity index (χ1) is 10.4. The first-order valence-corrected chi connectivity index (χ1v) is 6.98. The molecule has 1 aromatic heterocycles. The van der Waals surface area contributed by atoms with E-state index in [1.807, 2.05) is 30.3 Å². The van der Waals surface area contributed by atoms with Crippen LogP contribution < -0.4 is 0 Å². The normalized spacial score (nSPS) is 31.5. The van der Waals surface area contributed by atoms with Gasteiger partial charge in [-0.25, -0.2) is 4.68 Å². The van der Waals surface area contributed by atoms with E-state index in [9.17, 15) is 0 Å². The van der Waals surface area contributed by atoms with Gasteiger partial charge in [0.15, 0.2) is 5.82 Å². The fourth-order valence-corrected chi connectivity index (χ4v) is 3.05. The SMILES string of the molecule is COC1COC2C1OCC2n1nnnc1-c1ccccc1. The Morgan fingerprint density at radius 3 is 2.76 bits per heavy atom. The Morgan fingerprint density at radius 2 is 1.95 bits per heavy atom. The van der Waals surface area contributed by atoms with Crippen molar-refractivity contribution in [1.29, 1.82) is 0 Å². The summed E-state index contributed by atoms with van der Waals surface area (Å²) in [5.41, 5.74) is 0.979. The van der Waals surface area contributed by atoms with E-state index >= 15 is 0 Å². The van der Waals surface area contributed by atoms with Crippen LogP contribution in [0.4, 0.5) is 0 Å². The van der Waals surface area contributed by atoms with E-state index in [4.69, 9.17) is 14.2 Å². The topological polar surface area (TPSA) is 71.3 Å². The molecule has 0 aliphatic carbocycles. The summed E-state index contributed by atoms with van der Waals surface area (Å²) in [4.78, 5) is 0. The first-order valence-electron chi connectivity index (χ1n) is 6.98. The van der Waals surface area contributed by atoms with Crippen molar-refractivity contribution in [3.05, 3.63) is 30.3 Å². The molecule has 1 aromatic carbocycles. The smallest absolute Gasteiger partial charge is 0.182 e. The highest BCUT2D eigenvalue weighted by Gasteiger charge is 2.49. The summed E-state index contributed by atoms with van der Waals surface area (Å²) in [6.45, 7) is 1.07. The lowest BCUT2D eigenvalue weighted by molar-refractivity contribution is -0.00906. The third-order valence-corrected chi connectivity index (χ3v) is 4.12. The van der Waals surface area contributed by atoms with E-state index in [1.165, 1.54) is 0 Å². The predicted molar refractivity (Wildman–Crippen MR) is 72.6 cm³/mol. The molecule has 0 radical (unpaired) electrons. The molecule has 2 aromatic rings. The minimum atomic E-state index is -0.0686. The van der Waals surface area contributed by atoms with Gasteiger partial charge in [0.2, 0.25) is 0 Å². The molecule has 7 heteroatoms. The lowest BCUT2D eigenvalue weighted by Crippen LogP contribution is -2.31. The van der Waals surface area contributed by atoms with Gasteiger partial charge < -0.3 is 14.2 Å². The lowest BCUT2D eigenvalue weighted by atomic mass is 10.1. The van der Waals surface area contributed by atoms with Crippen LogP contribution in [0.5, 0.6) is 0 Å². The molecule has 110 valence electrons. The molecule has 2 aliphatic heterocycles. The third kappa shape index (κ3) is 2.05. The Kier molecular flexibility index (Phi) is 3.17. The molecule has 0 spiro atoms. The summed E-state index contributed by atoms with van der Waals surface area (Å²) in [5, 5.41) is 12.1. The average molecular weight is 288 g/mol. The van der Waals surface area contributed by atoms with Gasteiger partial charge in [0.05, 0.1) is 13.2 Å². The van der Waals surface area contributed by atoms with Gasteiger partial charge in [-0.1, -0.05) is 30.3 Å². The molecule has 2 fully saturated rings. The van der Waals surface area contributed by atoms with Crippen molar-refractivity contribution in [2.45, 2.75) is 24.4 Å². The average Bonchev–Trinajstić information content (AvgIpc) is 3.23. The number of hydrogen-bond donors (Lipinski definition) is 0. The molecular weight excluding hydrogens is 272 g/mol. The summed E-state index contributed by atoms with van der Waals surface area (Å²) >= 11 is 0. The summed E-state index contributed by atoms with van der Waals surface area (Å²) < 4.78 is 18.9. The highest BCUT2D eigenvalue weighted by Crippen LogP contribution is 2.36. The van der Waals surface area contributed by atoms with Gasteiger partial charge in [-0.2, -0.15) is 0 Å². The second-order valence-electron chi connectivity index (χ2n) is 5.25. The van der Waals surface area contributed by atoms with Gasteiger partial charge in [0.1, 0.15) is 24.4 Å². The maximum absolute atomic E-state index is 5.84. The summed E-state index contributed by atoms with van der Waals surface area (Å²) in [7, 11) is 1.68. The van der Waals surface area contributed by atoms with Crippen molar-refractivity contribution in [3.8, 4) is 11.4 Å². The molecule has 3 heterocycles. The van der Waals surface area contributed by atoms with Crippen molar-refractivity contribution in [2.75, 3.05) is 20.3 Å². The second kappa shape index (κ2) is 5.18. The van der Waals surface area contributed by atoms with Gasteiger partial charge in [-0.3, -0.25) is 0 Å². The molecular formula is C14H16N4O3. The van der Waals surface area contributed by atoms with E-state index in [2.05, 4.69) is 15.5 Å². The molecule has 2 saturated heterocycles. The zero-order valence-corrected chi connectivity index (χ0v) is 11.6. The number of methoxy groups -OCH3 is 1. The highest BCUT2D eigenvalue weighted by molar-refractivity contribution is 5.54. The molecule has 4 rings (SSSR count). The Labute approximate surface area is 121 Å². The monoisotopic (exact) mass is 288 g/mol. The number of tetrazole rings is 1. The molecule has 4 atom stereocenters. The molecule has 0 saturated carbocycles. The third-order valence-electron chi connectivity index (χ3n) is 4.12.